The number of hydrogen-bond donors (Lipinski definition) is 3. The minimum absolute atomic E-state index is 0.0980. The van der Waals surface area contributed by atoms with Crippen LogP contribution in [-0.2, 0) is 0 Å². The van der Waals surface area contributed by atoms with E-state index in [9.17, 15) is 9.59 Å². The number of pyridine rings is 1. The van der Waals surface area contributed by atoms with Gasteiger partial charge in [-0.25, -0.2) is 0 Å². The van der Waals surface area contributed by atoms with Crippen LogP contribution in [0.1, 0.15) is 10.4 Å². The molecule has 0 fully saturated rings. The maximum atomic E-state index is 12.0. The van der Waals surface area contributed by atoms with E-state index in [1.807, 2.05) is 60.7 Å². The minimum Gasteiger partial charge on any atom is -0.456 e. The predicted molar refractivity (Wildman–Crippen MR) is 116 cm³/mol. The van der Waals surface area contributed by atoms with Crippen LogP contribution < -0.4 is 15.6 Å². The Morgan fingerprint density at radius 2 is 1.73 bits per heavy atom. The number of aromatic amines is 1. The van der Waals surface area contributed by atoms with Crippen molar-refractivity contribution in [3.05, 3.63) is 94.8 Å². The Morgan fingerprint density at radius 1 is 0.933 bits per heavy atom. The van der Waals surface area contributed by atoms with E-state index in [1.54, 1.807) is 12.1 Å². The largest absolute Gasteiger partial charge is 0.456 e. The molecule has 0 aliphatic heterocycles. The molecule has 6 heteroatoms. The fraction of sp³-hybridized carbons (Fsp3) is 0.0833. The molecule has 0 saturated carbocycles. The lowest BCUT2D eigenvalue weighted by Crippen LogP contribution is -2.26. The van der Waals surface area contributed by atoms with Crippen LogP contribution in [0.2, 0.25) is 0 Å². The molecule has 4 rings (SSSR count). The van der Waals surface area contributed by atoms with Crippen molar-refractivity contribution in [3.63, 3.8) is 0 Å². The molecule has 0 spiro atoms. The number of hydrogen-bond acceptors (Lipinski definition) is 4. The van der Waals surface area contributed by atoms with E-state index in [0.717, 1.165) is 16.5 Å². The minimum atomic E-state index is -0.228. The molecular formula is C24H20N2O4. The number of carbonyl (C=O) groups is 1. The molecule has 0 aliphatic carbocycles. The molecule has 30 heavy (non-hydrogen) atoms. The summed E-state index contributed by atoms with van der Waals surface area (Å²) in [4.78, 5) is 26.7. The van der Waals surface area contributed by atoms with Crippen LogP contribution in [-0.4, -0.2) is 29.1 Å². The van der Waals surface area contributed by atoms with Gasteiger partial charge in [-0.2, -0.15) is 0 Å². The number of carbonyl (C=O) groups excluding carboxylic acids is 1. The fourth-order valence-corrected chi connectivity index (χ4v) is 3.21. The summed E-state index contributed by atoms with van der Waals surface area (Å²) in [6, 6.07) is 23.6. The number of nitrogens with one attached hydrogen (secondary N) is 2. The van der Waals surface area contributed by atoms with Gasteiger partial charge < -0.3 is 20.1 Å². The number of benzene rings is 3. The van der Waals surface area contributed by atoms with Crippen LogP contribution in [0, 0.1) is 0 Å². The predicted octanol–water partition coefficient (Wildman–Crippen LogP) is 3.71. The number of rotatable bonds is 6. The number of aliphatic hydroxyl groups is 1. The summed E-state index contributed by atoms with van der Waals surface area (Å²) in [6.07, 6.45) is 0. The number of aliphatic hydroxyl groups excluding tert-OH is 1. The Bertz CT molecular complexity index is 1250. The number of H-pyrrole nitrogens is 1. The molecule has 6 nitrogen and oxygen atoms in total. The number of para-hydroxylation sites is 1. The van der Waals surface area contributed by atoms with Crippen molar-refractivity contribution in [2.45, 2.75) is 0 Å². The highest BCUT2D eigenvalue weighted by Gasteiger charge is 2.08. The lowest BCUT2D eigenvalue weighted by molar-refractivity contribution is 0.0945. The number of fused-ring (bicyclic) bond motifs is 1. The average molecular weight is 400 g/mol. The number of aromatic nitrogens is 1. The highest BCUT2D eigenvalue weighted by molar-refractivity contribution is 5.94. The van der Waals surface area contributed by atoms with E-state index >= 15 is 0 Å². The van der Waals surface area contributed by atoms with E-state index < -0.39 is 0 Å². The Hall–Kier alpha value is -3.90. The molecule has 0 saturated heterocycles. The molecule has 0 atom stereocenters. The quantitative estimate of drug-likeness (QED) is 0.460. The van der Waals surface area contributed by atoms with Gasteiger partial charge in [0.1, 0.15) is 11.5 Å². The molecule has 3 N–H and O–H groups in total. The molecule has 1 heterocycles. The molecule has 1 amide bonds. The molecule has 150 valence electrons. The van der Waals surface area contributed by atoms with Gasteiger partial charge >= 0.3 is 0 Å². The SMILES string of the molecule is O=C(NCCO)c1ccc(-c2cccc(Oc3cc(=O)[nH]c4ccccc34)c2)cc1. The van der Waals surface area contributed by atoms with E-state index in [4.69, 9.17) is 9.84 Å². The molecule has 3 aromatic carbocycles. The smallest absolute Gasteiger partial charge is 0.252 e. The zero-order valence-corrected chi connectivity index (χ0v) is 16.1. The Morgan fingerprint density at radius 3 is 2.53 bits per heavy atom. The van der Waals surface area contributed by atoms with Crippen LogP contribution in [0.15, 0.2) is 83.7 Å². The molecule has 0 radical (unpaired) electrons. The maximum Gasteiger partial charge on any atom is 0.252 e. The second-order valence-electron chi connectivity index (χ2n) is 6.73. The van der Waals surface area contributed by atoms with Crippen molar-refractivity contribution in [3.8, 4) is 22.6 Å². The normalized spacial score (nSPS) is 10.7. The molecule has 4 aromatic rings. The highest BCUT2D eigenvalue weighted by atomic mass is 16.5. The van der Waals surface area contributed by atoms with Crippen molar-refractivity contribution in [1.29, 1.82) is 0 Å². The van der Waals surface area contributed by atoms with Gasteiger partial charge in [0.05, 0.1) is 12.1 Å². The maximum absolute atomic E-state index is 12.0. The van der Waals surface area contributed by atoms with Gasteiger partial charge in [0.25, 0.3) is 11.5 Å². The first-order chi connectivity index (χ1) is 14.6. The van der Waals surface area contributed by atoms with Crippen LogP contribution in [0.25, 0.3) is 22.0 Å². The summed E-state index contributed by atoms with van der Waals surface area (Å²) in [6.45, 7) is 0.121. The van der Waals surface area contributed by atoms with Gasteiger partial charge in [-0.05, 0) is 47.5 Å². The summed E-state index contributed by atoms with van der Waals surface area (Å²) in [5, 5.41) is 12.3. The number of ether oxygens (including phenoxy) is 1. The van der Waals surface area contributed by atoms with E-state index in [0.29, 0.717) is 22.6 Å². The van der Waals surface area contributed by atoms with Gasteiger partial charge in [0.2, 0.25) is 0 Å². The van der Waals surface area contributed by atoms with Crippen molar-refractivity contribution >= 4 is 16.8 Å². The van der Waals surface area contributed by atoms with E-state index in [1.165, 1.54) is 6.07 Å². The summed E-state index contributed by atoms with van der Waals surface area (Å²) < 4.78 is 6.03. The van der Waals surface area contributed by atoms with Gasteiger partial charge in [0.15, 0.2) is 0 Å². The van der Waals surface area contributed by atoms with Crippen molar-refractivity contribution in [2.75, 3.05) is 13.2 Å². The second kappa shape index (κ2) is 8.63. The zero-order valence-electron chi connectivity index (χ0n) is 16.1. The Kier molecular flexibility index (Phi) is 5.59. The molecule has 0 aliphatic rings. The Balaban J connectivity index is 1.60. The van der Waals surface area contributed by atoms with Crippen molar-refractivity contribution in [1.82, 2.24) is 10.3 Å². The third kappa shape index (κ3) is 4.24. The molecular weight excluding hydrogens is 380 g/mol. The second-order valence-corrected chi connectivity index (χ2v) is 6.73. The topological polar surface area (TPSA) is 91.4 Å². The summed E-state index contributed by atoms with van der Waals surface area (Å²) in [7, 11) is 0. The van der Waals surface area contributed by atoms with Crippen LogP contribution in [0.5, 0.6) is 11.5 Å². The molecule has 0 unspecified atom stereocenters. The Labute approximate surface area is 172 Å². The first kappa shape index (κ1) is 19.4. The molecule has 1 aromatic heterocycles. The van der Waals surface area contributed by atoms with Gasteiger partial charge in [-0.15, -0.1) is 0 Å². The first-order valence-corrected chi connectivity index (χ1v) is 9.53. The lowest BCUT2D eigenvalue weighted by Gasteiger charge is -2.10. The van der Waals surface area contributed by atoms with Crippen LogP contribution in [0.4, 0.5) is 0 Å². The lowest BCUT2D eigenvalue weighted by atomic mass is 10.0. The monoisotopic (exact) mass is 400 g/mol. The van der Waals surface area contributed by atoms with Crippen molar-refractivity contribution < 1.29 is 14.6 Å². The third-order valence-corrected chi connectivity index (χ3v) is 4.65. The van der Waals surface area contributed by atoms with Gasteiger partial charge in [0, 0.05) is 23.6 Å². The van der Waals surface area contributed by atoms with Gasteiger partial charge in [-0.1, -0.05) is 36.4 Å². The van der Waals surface area contributed by atoms with E-state index in [2.05, 4.69) is 10.3 Å². The summed E-state index contributed by atoms with van der Waals surface area (Å²) in [5.74, 6) is 0.865. The number of amides is 1. The third-order valence-electron chi connectivity index (χ3n) is 4.65. The molecule has 0 bridgehead atoms. The summed E-state index contributed by atoms with van der Waals surface area (Å²) >= 11 is 0. The standard InChI is InChI=1S/C24H20N2O4/c27-13-12-25-24(29)17-10-8-16(9-11-17)18-4-3-5-19(14-18)30-22-15-23(28)26-21-7-2-1-6-20(21)22/h1-11,14-15,27H,12-13H2,(H,25,29)(H,26,28). The van der Waals surface area contributed by atoms with E-state index in [-0.39, 0.29) is 24.6 Å². The van der Waals surface area contributed by atoms with Crippen LogP contribution in [0.3, 0.4) is 0 Å². The highest BCUT2D eigenvalue weighted by Crippen LogP contribution is 2.30. The summed E-state index contributed by atoms with van der Waals surface area (Å²) in [5.41, 5.74) is 2.86. The first-order valence-electron chi connectivity index (χ1n) is 9.53. The van der Waals surface area contributed by atoms with Gasteiger partial charge in [-0.3, -0.25) is 9.59 Å². The zero-order chi connectivity index (χ0) is 20.9. The average Bonchev–Trinajstić information content (AvgIpc) is 2.77. The van der Waals surface area contributed by atoms with Crippen LogP contribution >= 0.6 is 0 Å². The fourth-order valence-electron chi connectivity index (χ4n) is 3.21. The van der Waals surface area contributed by atoms with Crippen molar-refractivity contribution in [2.24, 2.45) is 0 Å².